The number of carbonyl (C=O) groups is 2. The van der Waals surface area contributed by atoms with E-state index in [9.17, 15) is 9.59 Å². The smallest absolute Gasteiger partial charge is 0.417 e. The van der Waals surface area contributed by atoms with E-state index in [1.165, 1.54) is 0 Å². The molecule has 0 saturated carbocycles. The second kappa shape index (κ2) is 20.5. The van der Waals surface area contributed by atoms with Crippen LogP contribution in [0.3, 0.4) is 0 Å². The van der Waals surface area contributed by atoms with Crippen molar-refractivity contribution in [1.82, 2.24) is 9.97 Å². The highest BCUT2D eigenvalue weighted by atomic mass is 35.5. The number of carbonyl (C=O) groups excluding carboxylic acids is 2. The van der Waals surface area contributed by atoms with E-state index in [1.807, 2.05) is 84.9 Å². The fourth-order valence-corrected chi connectivity index (χ4v) is 6.84. The van der Waals surface area contributed by atoms with Crippen LogP contribution in [-0.2, 0) is 31.9 Å². The van der Waals surface area contributed by atoms with Gasteiger partial charge in [0.25, 0.3) is 0 Å². The number of pyridine rings is 2. The average Bonchev–Trinajstić information content (AvgIpc) is 3.24. The Labute approximate surface area is 358 Å². The maximum atomic E-state index is 13.5. The van der Waals surface area contributed by atoms with Gasteiger partial charge in [0.15, 0.2) is 0 Å². The number of rotatable bonds is 16. The molecule has 8 nitrogen and oxygen atoms in total. The van der Waals surface area contributed by atoms with Gasteiger partial charge in [-0.1, -0.05) is 94.9 Å². The van der Waals surface area contributed by atoms with Gasteiger partial charge in [0.2, 0.25) is 0 Å². The summed E-state index contributed by atoms with van der Waals surface area (Å²) in [6.07, 6.45) is 5.72. The summed E-state index contributed by atoms with van der Waals surface area (Å²) in [5.74, 6) is -1.17. The van der Waals surface area contributed by atoms with Crippen molar-refractivity contribution in [3.05, 3.63) is 165 Å². The Morgan fingerprint density at radius 2 is 0.897 bits per heavy atom. The number of halogens is 4. The number of nitrogens with zero attached hydrogens (tertiary/aromatic N) is 2. The molecule has 58 heavy (non-hydrogen) atoms. The lowest BCUT2D eigenvalue weighted by Gasteiger charge is -2.27. The standard InChI is InChI=1S/C46H40Cl4N2O6/c1-29(55-37-15-9-33(10-16-37)35-13-19-39(47)41(49)25-35)43(21-7-31-5-3-23-51-27-31)57-45(53)46(54)58-44(22-8-32-6-4-24-52-28-32)30(2)56-38-17-11-34(12-18-38)36-14-20-40(48)42(50)26-36/h3-6,9-20,23-30,43-44H,7-8,21-22H2,1-2H3/t29-,30-,43+,44+/m0/s1. The van der Waals surface area contributed by atoms with Crippen molar-refractivity contribution in [2.24, 2.45) is 0 Å². The van der Waals surface area contributed by atoms with Gasteiger partial charge in [0.1, 0.15) is 35.9 Å². The van der Waals surface area contributed by atoms with Gasteiger partial charge in [0.05, 0.1) is 20.1 Å². The van der Waals surface area contributed by atoms with Gasteiger partial charge in [-0.3, -0.25) is 9.97 Å². The molecule has 12 heteroatoms. The molecule has 0 amide bonds. The quantitative estimate of drug-likeness (QED) is 0.0701. The first kappa shape index (κ1) is 42.5. The molecule has 0 aliphatic carbocycles. The molecule has 0 fully saturated rings. The van der Waals surface area contributed by atoms with Gasteiger partial charge < -0.3 is 18.9 Å². The normalized spacial score (nSPS) is 13.1. The molecule has 0 unspecified atom stereocenters. The highest BCUT2D eigenvalue weighted by molar-refractivity contribution is 6.42. The van der Waals surface area contributed by atoms with E-state index < -0.39 is 36.4 Å². The van der Waals surface area contributed by atoms with E-state index in [0.29, 0.717) is 57.3 Å². The van der Waals surface area contributed by atoms with Gasteiger partial charge in [-0.25, -0.2) is 9.59 Å². The van der Waals surface area contributed by atoms with E-state index in [0.717, 1.165) is 33.4 Å². The minimum atomic E-state index is -1.13. The largest absolute Gasteiger partial charge is 0.487 e. The third-order valence-corrected chi connectivity index (χ3v) is 10.9. The van der Waals surface area contributed by atoms with Crippen molar-refractivity contribution in [3.8, 4) is 33.8 Å². The summed E-state index contributed by atoms with van der Waals surface area (Å²) in [6, 6.07) is 33.2. The first-order valence-electron chi connectivity index (χ1n) is 18.7. The van der Waals surface area contributed by atoms with Crippen LogP contribution in [0, 0.1) is 0 Å². The summed E-state index contributed by atoms with van der Waals surface area (Å²) in [6.45, 7) is 3.58. The average molecular weight is 859 g/mol. The Kier molecular flexibility index (Phi) is 15.0. The highest BCUT2D eigenvalue weighted by Gasteiger charge is 2.32. The molecule has 6 aromatic rings. The maximum absolute atomic E-state index is 13.5. The molecule has 0 saturated heterocycles. The van der Waals surface area contributed by atoms with Crippen molar-refractivity contribution in [1.29, 1.82) is 0 Å². The molecule has 0 N–H and O–H groups in total. The number of hydrogen-bond donors (Lipinski definition) is 0. The third kappa shape index (κ3) is 12.0. The fraction of sp³-hybridized carbons (Fsp3) is 0.217. The van der Waals surface area contributed by atoms with Gasteiger partial charge in [-0.15, -0.1) is 0 Å². The summed E-state index contributed by atoms with van der Waals surface area (Å²) in [7, 11) is 0. The molecule has 0 spiro atoms. The van der Waals surface area contributed by atoms with E-state index in [2.05, 4.69) is 9.97 Å². The van der Waals surface area contributed by atoms with Crippen LogP contribution < -0.4 is 9.47 Å². The number of benzene rings is 4. The summed E-state index contributed by atoms with van der Waals surface area (Å²) >= 11 is 24.7. The summed E-state index contributed by atoms with van der Waals surface area (Å²) in [5.41, 5.74) is 5.50. The van der Waals surface area contributed by atoms with Crippen LogP contribution in [0.15, 0.2) is 134 Å². The van der Waals surface area contributed by atoms with Crippen LogP contribution in [-0.4, -0.2) is 46.3 Å². The molecule has 4 atom stereocenters. The van der Waals surface area contributed by atoms with Crippen molar-refractivity contribution in [3.63, 3.8) is 0 Å². The van der Waals surface area contributed by atoms with Crippen LogP contribution in [0.25, 0.3) is 22.3 Å². The maximum Gasteiger partial charge on any atom is 0.417 e. The first-order valence-corrected chi connectivity index (χ1v) is 20.2. The van der Waals surface area contributed by atoms with Crippen LogP contribution in [0.2, 0.25) is 20.1 Å². The topological polar surface area (TPSA) is 96.8 Å². The van der Waals surface area contributed by atoms with Crippen molar-refractivity contribution in [2.75, 3.05) is 0 Å². The molecule has 6 rings (SSSR count). The zero-order valence-corrected chi connectivity index (χ0v) is 34.7. The number of aryl methyl sites for hydroxylation is 2. The number of esters is 2. The van der Waals surface area contributed by atoms with Gasteiger partial charge >= 0.3 is 11.9 Å². The zero-order chi connectivity index (χ0) is 41.0. The Morgan fingerprint density at radius 3 is 1.24 bits per heavy atom. The molecule has 0 aliphatic heterocycles. The van der Waals surface area contributed by atoms with Gasteiger partial charge in [-0.2, -0.15) is 0 Å². The molecule has 298 valence electrons. The molecule has 0 radical (unpaired) electrons. The second-order valence-electron chi connectivity index (χ2n) is 13.6. The summed E-state index contributed by atoms with van der Waals surface area (Å²) in [4.78, 5) is 35.5. The van der Waals surface area contributed by atoms with E-state index in [4.69, 9.17) is 65.4 Å². The first-order chi connectivity index (χ1) is 28.0. The lowest BCUT2D eigenvalue weighted by Crippen LogP contribution is -2.40. The number of hydrogen-bond acceptors (Lipinski definition) is 8. The van der Waals surface area contributed by atoms with Gasteiger partial charge in [0, 0.05) is 24.8 Å². The molecular weight excluding hydrogens is 818 g/mol. The number of aromatic nitrogens is 2. The Balaban J connectivity index is 1.14. The molecule has 2 aromatic heterocycles. The van der Waals surface area contributed by atoms with Crippen molar-refractivity contribution >= 4 is 58.3 Å². The van der Waals surface area contributed by atoms with E-state index in [1.54, 1.807) is 62.9 Å². The van der Waals surface area contributed by atoms with E-state index in [-0.39, 0.29) is 0 Å². The monoisotopic (exact) mass is 856 g/mol. The summed E-state index contributed by atoms with van der Waals surface area (Å²) in [5, 5.41) is 1.86. The highest BCUT2D eigenvalue weighted by Crippen LogP contribution is 2.32. The molecule has 0 bridgehead atoms. The fourth-order valence-electron chi connectivity index (χ4n) is 6.24. The Hall–Kier alpha value is -5.12. The lowest BCUT2D eigenvalue weighted by molar-refractivity contribution is -0.179. The zero-order valence-electron chi connectivity index (χ0n) is 31.7. The van der Waals surface area contributed by atoms with Crippen LogP contribution in [0.4, 0.5) is 0 Å². The van der Waals surface area contributed by atoms with Crippen LogP contribution in [0.5, 0.6) is 11.5 Å². The minimum absolute atomic E-state index is 0.357. The Bertz CT molecular complexity index is 2120. The Morgan fingerprint density at radius 1 is 0.517 bits per heavy atom. The number of ether oxygens (including phenoxy) is 4. The molecule has 2 heterocycles. The third-order valence-electron chi connectivity index (χ3n) is 9.47. The van der Waals surface area contributed by atoms with Crippen LogP contribution >= 0.6 is 46.4 Å². The molecule has 4 aromatic carbocycles. The molecule has 0 aliphatic rings. The predicted molar refractivity (Wildman–Crippen MR) is 229 cm³/mol. The SMILES string of the molecule is C[C@H](Oc1ccc(-c2ccc(Cl)c(Cl)c2)cc1)[C@@H](CCc1cccnc1)OC(=O)C(=O)O[C@H](CCc1cccnc1)[C@H](C)Oc1ccc(-c2ccc(Cl)c(Cl)c2)cc1. The van der Waals surface area contributed by atoms with E-state index >= 15 is 0 Å². The second-order valence-corrected chi connectivity index (χ2v) is 15.3. The minimum Gasteiger partial charge on any atom is -0.487 e. The van der Waals surface area contributed by atoms with Gasteiger partial charge in [-0.05, 0) is 134 Å². The van der Waals surface area contributed by atoms with Crippen molar-refractivity contribution < 1.29 is 28.5 Å². The summed E-state index contributed by atoms with van der Waals surface area (Å²) < 4.78 is 24.3. The van der Waals surface area contributed by atoms with Crippen molar-refractivity contribution in [2.45, 2.75) is 63.9 Å². The predicted octanol–water partition coefficient (Wildman–Crippen LogP) is 11.7. The van der Waals surface area contributed by atoms with Crippen LogP contribution in [0.1, 0.15) is 37.8 Å². The lowest BCUT2D eigenvalue weighted by atomic mass is 10.0. The molecular formula is C46H40Cl4N2O6.